The molecule has 60 valence electrons. The van der Waals surface area contributed by atoms with Crippen LogP contribution in [-0.4, -0.2) is 0 Å². The van der Waals surface area contributed by atoms with Crippen molar-refractivity contribution in [1.82, 2.24) is 0 Å². The van der Waals surface area contributed by atoms with Crippen LogP contribution in [0.4, 0.5) is 0 Å². The van der Waals surface area contributed by atoms with Crippen LogP contribution in [0.15, 0.2) is 24.3 Å². The normalized spacial score (nSPS) is 10.0. The molecular formula is C10H14S. The second kappa shape index (κ2) is 4.45. The minimum atomic E-state index is 0.857. The summed E-state index contributed by atoms with van der Waals surface area (Å²) in [5, 5.41) is 0. The Morgan fingerprint density at radius 2 is 1.82 bits per heavy atom. The standard InChI is InChI=1S/C10H14S/c1-2-5-9-6-3-4-7-10(9)8-11/h3-4,6-7,11H,2,5,8H2,1H3. The molecule has 0 amide bonds. The molecule has 0 saturated carbocycles. The Hall–Kier alpha value is -0.430. The van der Waals surface area contributed by atoms with E-state index in [0.29, 0.717) is 0 Å². The van der Waals surface area contributed by atoms with Crippen molar-refractivity contribution in [3.05, 3.63) is 35.4 Å². The summed E-state index contributed by atoms with van der Waals surface area (Å²) in [7, 11) is 0. The Bertz CT molecular complexity index is 218. The monoisotopic (exact) mass is 166 g/mol. The van der Waals surface area contributed by atoms with Gasteiger partial charge in [-0.1, -0.05) is 37.6 Å². The number of thiol groups is 1. The first-order valence-corrected chi connectivity index (χ1v) is 4.69. The van der Waals surface area contributed by atoms with Gasteiger partial charge in [0.15, 0.2) is 0 Å². The Morgan fingerprint density at radius 3 is 2.36 bits per heavy atom. The Kier molecular flexibility index (Phi) is 3.50. The highest BCUT2D eigenvalue weighted by Crippen LogP contribution is 2.12. The molecule has 0 atom stereocenters. The molecule has 0 saturated heterocycles. The van der Waals surface area contributed by atoms with Gasteiger partial charge in [0.2, 0.25) is 0 Å². The molecule has 0 heterocycles. The average molecular weight is 166 g/mol. The molecule has 1 rings (SSSR count). The van der Waals surface area contributed by atoms with E-state index in [2.05, 4.69) is 43.8 Å². The molecule has 1 aromatic rings. The molecular weight excluding hydrogens is 152 g/mol. The van der Waals surface area contributed by atoms with Crippen LogP contribution in [-0.2, 0) is 12.2 Å². The van der Waals surface area contributed by atoms with Crippen molar-refractivity contribution in [3.8, 4) is 0 Å². The van der Waals surface area contributed by atoms with E-state index >= 15 is 0 Å². The van der Waals surface area contributed by atoms with E-state index in [1.165, 1.54) is 24.0 Å². The molecule has 0 radical (unpaired) electrons. The van der Waals surface area contributed by atoms with Gasteiger partial charge in [-0.3, -0.25) is 0 Å². The van der Waals surface area contributed by atoms with Gasteiger partial charge in [0.05, 0.1) is 0 Å². The van der Waals surface area contributed by atoms with E-state index < -0.39 is 0 Å². The van der Waals surface area contributed by atoms with Crippen molar-refractivity contribution < 1.29 is 0 Å². The van der Waals surface area contributed by atoms with E-state index in [1.54, 1.807) is 0 Å². The maximum atomic E-state index is 4.27. The van der Waals surface area contributed by atoms with Crippen LogP contribution in [0.1, 0.15) is 24.5 Å². The maximum Gasteiger partial charge on any atom is 0.0157 e. The zero-order valence-corrected chi connectivity index (χ0v) is 7.77. The van der Waals surface area contributed by atoms with Crippen LogP contribution in [0.25, 0.3) is 0 Å². The van der Waals surface area contributed by atoms with Crippen LogP contribution >= 0.6 is 12.6 Å². The van der Waals surface area contributed by atoms with Gasteiger partial charge < -0.3 is 0 Å². The molecule has 11 heavy (non-hydrogen) atoms. The lowest BCUT2D eigenvalue weighted by atomic mass is 10.0. The second-order valence-corrected chi connectivity index (χ2v) is 2.99. The Morgan fingerprint density at radius 1 is 1.18 bits per heavy atom. The van der Waals surface area contributed by atoms with E-state index in [1.807, 2.05) is 0 Å². The quantitative estimate of drug-likeness (QED) is 0.655. The van der Waals surface area contributed by atoms with Crippen molar-refractivity contribution in [2.24, 2.45) is 0 Å². The summed E-state index contributed by atoms with van der Waals surface area (Å²) in [5.41, 5.74) is 2.82. The highest BCUT2D eigenvalue weighted by molar-refractivity contribution is 7.79. The third-order valence-electron chi connectivity index (χ3n) is 1.81. The fraction of sp³-hybridized carbons (Fsp3) is 0.400. The molecule has 0 nitrogen and oxygen atoms in total. The van der Waals surface area contributed by atoms with Gasteiger partial charge in [-0.25, -0.2) is 0 Å². The molecule has 0 bridgehead atoms. The lowest BCUT2D eigenvalue weighted by Crippen LogP contribution is -1.89. The van der Waals surface area contributed by atoms with Crippen LogP contribution in [0, 0.1) is 0 Å². The van der Waals surface area contributed by atoms with Crippen molar-refractivity contribution in [3.63, 3.8) is 0 Å². The molecule has 0 N–H and O–H groups in total. The van der Waals surface area contributed by atoms with E-state index in [4.69, 9.17) is 0 Å². The Labute approximate surface area is 74.0 Å². The third-order valence-corrected chi connectivity index (χ3v) is 2.15. The topological polar surface area (TPSA) is 0 Å². The molecule has 0 unspecified atom stereocenters. The average Bonchev–Trinajstić information content (AvgIpc) is 2.06. The lowest BCUT2D eigenvalue weighted by molar-refractivity contribution is 0.911. The van der Waals surface area contributed by atoms with Crippen molar-refractivity contribution in [2.45, 2.75) is 25.5 Å². The maximum absolute atomic E-state index is 4.27. The van der Waals surface area contributed by atoms with Gasteiger partial charge in [-0.15, -0.1) is 0 Å². The summed E-state index contributed by atoms with van der Waals surface area (Å²) >= 11 is 4.27. The fourth-order valence-corrected chi connectivity index (χ4v) is 1.53. The molecule has 0 fully saturated rings. The zero-order chi connectivity index (χ0) is 8.10. The SMILES string of the molecule is CCCc1ccccc1CS. The van der Waals surface area contributed by atoms with Crippen LogP contribution in [0.3, 0.4) is 0 Å². The number of hydrogen-bond acceptors (Lipinski definition) is 1. The van der Waals surface area contributed by atoms with E-state index in [0.717, 1.165) is 5.75 Å². The number of aryl methyl sites for hydroxylation is 1. The number of hydrogen-bond donors (Lipinski definition) is 1. The van der Waals surface area contributed by atoms with Gasteiger partial charge >= 0.3 is 0 Å². The highest BCUT2D eigenvalue weighted by Gasteiger charge is 1.96. The van der Waals surface area contributed by atoms with Crippen molar-refractivity contribution >= 4 is 12.6 Å². The molecule has 1 heteroatoms. The minimum absolute atomic E-state index is 0.857. The van der Waals surface area contributed by atoms with Crippen molar-refractivity contribution in [2.75, 3.05) is 0 Å². The summed E-state index contributed by atoms with van der Waals surface area (Å²) in [6.07, 6.45) is 2.39. The highest BCUT2D eigenvalue weighted by atomic mass is 32.1. The zero-order valence-electron chi connectivity index (χ0n) is 6.88. The largest absolute Gasteiger partial charge is 0.175 e. The summed E-state index contributed by atoms with van der Waals surface area (Å²) in [6.45, 7) is 2.20. The molecule has 0 aliphatic heterocycles. The Balaban J connectivity index is 2.83. The number of benzene rings is 1. The van der Waals surface area contributed by atoms with Crippen LogP contribution < -0.4 is 0 Å². The van der Waals surface area contributed by atoms with Crippen LogP contribution in [0.5, 0.6) is 0 Å². The van der Waals surface area contributed by atoms with Crippen molar-refractivity contribution in [1.29, 1.82) is 0 Å². The summed E-state index contributed by atoms with van der Waals surface area (Å²) in [5.74, 6) is 0.857. The summed E-state index contributed by atoms with van der Waals surface area (Å²) in [4.78, 5) is 0. The molecule has 1 aromatic carbocycles. The molecule has 0 aliphatic carbocycles. The fourth-order valence-electron chi connectivity index (χ4n) is 1.22. The lowest BCUT2D eigenvalue weighted by Gasteiger charge is -2.04. The first-order valence-electron chi connectivity index (χ1n) is 4.06. The molecule has 0 aromatic heterocycles. The minimum Gasteiger partial charge on any atom is -0.175 e. The van der Waals surface area contributed by atoms with E-state index in [9.17, 15) is 0 Å². The third kappa shape index (κ3) is 2.26. The molecule has 0 aliphatic rings. The van der Waals surface area contributed by atoms with Gasteiger partial charge in [-0.2, -0.15) is 12.6 Å². The van der Waals surface area contributed by atoms with E-state index in [-0.39, 0.29) is 0 Å². The first kappa shape index (κ1) is 8.66. The second-order valence-electron chi connectivity index (χ2n) is 2.68. The molecule has 0 spiro atoms. The van der Waals surface area contributed by atoms with Gasteiger partial charge in [0.25, 0.3) is 0 Å². The van der Waals surface area contributed by atoms with Gasteiger partial charge in [-0.05, 0) is 17.5 Å². The summed E-state index contributed by atoms with van der Waals surface area (Å²) in [6, 6.07) is 8.51. The number of rotatable bonds is 3. The predicted molar refractivity (Wildman–Crippen MR) is 53.1 cm³/mol. The first-order chi connectivity index (χ1) is 5.38. The van der Waals surface area contributed by atoms with Crippen LogP contribution in [0.2, 0.25) is 0 Å². The van der Waals surface area contributed by atoms with Gasteiger partial charge in [0, 0.05) is 5.75 Å². The van der Waals surface area contributed by atoms with Gasteiger partial charge in [0.1, 0.15) is 0 Å². The predicted octanol–water partition coefficient (Wildman–Crippen LogP) is 3.07. The summed E-state index contributed by atoms with van der Waals surface area (Å²) < 4.78 is 0. The smallest absolute Gasteiger partial charge is 0.0157 e.